The normalized spacial score (nSPS) is 18.3. The van der Waals surface area contributed by atoms with Crippen molar-refractivity contribution in [2.75, 3.05) is 0 Å². The molecule has 1 N–H and O–H groups in total. The van der Waals surface area contributed by atoms with Crippen molar-refractivity contribution in [3.8, 4) is 0 Å². The lowest BCUT2D eigenvalue weighted by atomic mass is 9.89. The Hall–Kier alpha value is -0.700. The van der Waals surface area contributed by atoms with E-state index in [9.17, 15) is 4.79 Å². The molecule has 0 aliphatic heterocycles. The van der Waals surface area contributed by atoms with Crippen LogP contribution in [0.2, 0.25) is 5.15 Å². The molecule has 0 saturated heterocycles. The fourth-order valence-corrected chi connectivity index (χ4v) is 2.50. The largest absolute Gasteiger partial charge is 0.273 e. The van der Waals surface area contributed by atoms with Gasteiger partial charge in [-0.2, -0.15) is 0 Å². The topological polar surface area (TPSA) is 37.8 Å². The van der Waals surface area contributed by atoms with Gasteiger partial charge in [0.05, 0.1) is 5.56 Å². The van der Waals surface area contributed by atoms with Gasteiger partial charge in [0.1, 0.15) is 5.15 Å². The van der Waals surface area contributed by atoms with Gasteiger partial charge in [-0.3, -0.25) is 14.6 Å². The molecule has 84 valence electrons. The molecule has 1 aromatic rings. The monoisotopic (exact) mass is 228 g/mol. The van der Waals surface area contributed by atoms with Crippen LogP contribution >= 0.6 is 11.6 Å². The molecular formula is C11H17ClN2O. The summed E-state index contributed by atoms with van der Waals surface area (Å²) in [5.74, 6) is 0.679. The molecule has 15 heavy (non-hydrogen) atoms. The number of aromatic nitrogens is 2. The second-order valence-corrected chi connectivity index (χ2v) is 4.83. The van der Waals surface area contributed by atoms with Crippen molar-refractivity contribution in [2.45, 2.75) is 45.6 Å². The van der Waals surface area contributed by atoms with E-state index in [1.165, 1.54) is 32.1 Å². The molecule has 1 aliphatic rings. The molecule has 0 radical (unpaired) electrons. The smallest absolute Gasteiger partial charge is 0.268 e. The SMILES string of the molecule is Cc1c(Cl)n(CC2CCCCC2)[nH]c1=O. The Labute approximate surface area is 94.4 Å². The summed E-state index contributed by atoms with van der Waals surface area (Å²) in [5, 5.41) is 3.36. The molecule has 1 heterocycles. The van der Waals surface area contributed by atoms with Crippen molar-refractivity contribution >= 4 is 11.6 Å². The van der Waals surface area contributed by atoms with E-state index in [0.717, 1.165) is 6.54 Å². The first kappa shape index (κ1) is 10.8. The van der Waals surface area contributed by atoms with Crippen molar-refractivity contribution in [1.29, 1.82) is 0 Å². The van der Waals surface area contributed by atoms with E-state index >= 15 is 0 Å². The Bertz CT molecular complexity index is 388. The van der Waals surface area contributed by atoms with Gasteiger partial charge in [0, 0.05) is 6.54 Å². The summed E-state index contributed by atoms with van der Waals surface area (Å²) in [6.07, 6.45) is 6.50. The number of H-pyrrole nitrogens is 1. The zero-order chi connectivity index (χ0) is 10.8. The van der Waals surface area contributed by atoms with Crippen molar-refractivity contribution in [3.63, 3.8) is 0 Å². The third-order valence-electron chi connectivity index (χ3n) is 3.29. The molecule has 0 spiro atoms. The maximum Gasteiger partial charge on any atom is 0.268 e. The van der Waals surface area contributed by atoms with Crippen LogP contribution in [-0.2, 0) is 6.54 Å². The molecule has 1 aliphatic carbocycles. The molecular weight excluding hydrogens is 212 g/mol. The summed E-state index contributed by atoms with van der Waals surface area (Å²) in [4.78, 5) is 11.3. The van der Waals surface area contributed by atoms with Crippen LogP contribution in [0.25, 0.3) is 0 Å². The lowest BCUT2D eigenvalue weighted by Crippen LogP contribution is -2.16. The summed E-state index contributed by atoms with van der Waals surface area (Å²) in [7, 11) is 0. The van der Waals surface area contributed by atoms with Crippen LogP contribution in [0.4, 0.5) is 0 Å². The number of hydrogen-bond acceptors (Lipinski definition) is 1. The standard InChI is InChI=1S/C11H17ClN2O/c1-8-10(12)14(13-11(8)15)7-9-5-3-2-4-6-9/h9H,2-7H2,1H3,(H,13,15). The van der Waals surface area contributed by atoms with E-state index in [2.05, 4.69) is 5.10 Å². The van der Waals surface area contributed by atoms with E-state index in [0.29, 0.717) is 16.6 Å². The van der Waals surface area contributed by atoms with Crippen molar-refractivity contribution in [2.24, 2.45) is 5.92 Å². The maximum atomic E-state index is 11.3. The highest BCUT2D eigenvalue weighted by Crippen LogP contribution is 2.25. The average Bonchev–Trinajstić information content (AvgIpc) is 2.48. The summed E-state index contributed by atoms with van der Waals surface area (Å²) in [6, 6.07) is 0. The average molecular weight is 229 g/mol. The van der Waals surface area contributed by atoms with Gasteiger partial charge in [-0.15, -0.1) is 0 Å². The highest BCUT2D eigenvalue weighted by atomic mass is 35.5. The number of hydrogen-bond donors (Lipinski definition) is 1. The molecule has 1 aromatic heterocycles. The zero-order valence-corrected chi connectivity index (χ0v) is 9.81. The van der Waals surface area contributed by atoms with Gasteiger partial charge in [0.2, 0.25) is 0 Å². The van der Waals surface area contributed by atoms with Crippen LogP contribution in [0.15, 0.2) is 4.79 Å². The minimum absolute atomic E-state index is 0.0594. The Kier molecular flexibility index (Phi) is 3.19. The summed E-state index contributed by atoms with van der Waals surface area (Å²) >= 11 is 6.06. The minimum Gasteiger partial charge on any atom is -0.273 e. The van der Waals surface area contributed by atoms with Gasteiger partial charge in [0.25, 0.3) is 5.56 Å². The molecule has 1 saturated carbocycles. The molecule has 3 nitrogen and oxygen atoms in total. The third-order valence-corrected chi connectivity index (χ3v) is 3.78. The number of halogens is 1. The quantitative estimate of drug-likeness (QED) is 0.831. The molecule has 0 aromatic carbocycles. The number of aromatic amines is 1. The van der Waals surface area contributed by atoms with Gasteiger partial charge < -0.3 is 0 Å². The van der Waals surface area contributed by atoms with E-state index in [1.54, 1.807) is 11.6 Å². The molecule has 2 rings (SSSR count). The fourth-order valence-electron chi connectivity index (χ4n) is 2.31. The Balaban J connectivity index is 2.09. The second-order valence-electron chi connectivity index (χ2n) is 4.47. The van der Waals surface area contributed by atoms with Gasteiger partial charge in [-0.1, -0.05) is 30.9 Å². The first-order valence-corrected chi connectivity index (χ1v) is 6.01. The van der Waals surface area contributed by atoms with Crippen molar-refractivity contribution in [3.05, 3.63) is 21.1 Å². The molecule has 1 fully saturated rings. The Morgan fingerprint density at radius 2 is 2.07 bits per heavy atom. The zero-order valence-electron chi connectivity index (χ0n) is 9.05. The predicted molar refractivity (Wildman–Crippen MR) is 61.4 cm³/mol. The van der Waals surface area contributed by atoms with Gasteiger partial charge in [-0.25, -0.2) is 0 Å². The van der Waals surface area contributed by atoms with E-state index in [-0.39, 0.29) is 5.56 Å². The fraction of sp³-hybridized carbons (Fsp3) is 0.727. The first-order chi connectivity index (χ1) is 7.18. The molecule has 0 amide bonds. The Morgan fingerprint density at radius 3 is 2.60 bits per heavy atom. The first-order valence-electron chi connectivity index (χ1n) is 5.63. The van der Waals surface area contributed by atoms with Crippen LogP contribution in [0.3, 0.4) is 0 Å². The third kappa shape index (κ3) is 2.28. The lowest BCUT2D eigenvalue weighted by molar-refractivity contribution is 0.308. The van der Waals surface area contributed by atoms with E-state index in [1.807, 2.05) is 0 Å². The lowest BCUT2D eigenvalue weighted by Gasteiger charge is -2.21. The predicted octanol–water partition coefficient (Wildman–Crippen LogP) is 2.72. The highest BCUT2D eigenvalue weighted by molar-refractivity contribution is 6.30. The highest BCUT2D eigenvalue weighted by Gasteiger charge is 2.16. The molecule has 0 bridgehead atoms. The second kappa shape index (κ2) is 4.44. The van der Waals surface area contributed by atoms with Crippen LogP contribution in [-0.4, -0.2) is 9.78 Å². The number of nitrogens with zero attached hydrogens (tertiary/aromatic N) is 1. The summed E-state index contributed by atoms with van der Waals surface area (Å²) < 4.78 is 1.80. The number of rotatable bonds is 2. The van der Waals surface area contributed by atoms with Gasteiger partial charge >= 0.3 is 0 Å². The molecule has 4 heteroatoms. The van der Waals surface area contributed by atoms with Crippen LogP contribution < -0.4 is 5.56 Å². The Morgan fingerprint density at radius 1 is 1.40 bits per heavy atom. The molecule has 0 unspecified atom stereocenters. The number of nitrogens with one attached hydrogen (secondary N) is 1. The van der Waals surface area contributed by atoms with Crippen molar-refractivity contribution in [1.82, 2.24) is 9.78 Å². The van der Waals surface area contributed by atoms with Crippen molar-refractivity contribution < 1.29 is 0 Å². The van der Waals surface area contributed by atoms with Crippen LogP contribution in [0.1, 0.15) is 37.7 Å². The van der Waals surface area contributed by atoms with Gasteiger partial charge in [0.15, 0.2) is 0 Å². The van der Waals surface area contributed by atoms with Crippen LogP contribution in [0, 0.1) is 12.8 Å². The van der Waals surface area contributed by atoms with E-state index < -0.39 is 0 Å². The van der Waals surface area contributed by atoms with E-state index in [4.69, 9.17) is 11.6 Å². The van der Waals surface area contributed by atoms with Gasteiger partial charge in [-0.05, 0) is 25.7 Å². The summed E-state index contributed by atoms with van der Waals surface area (Å²) in [5.41, 5.74) is 0.572. The molecule has 0 atom stereocenters. The maximum absolute atomic E-state index is 11.3. The summed E-state index contributed by atoms with van der Waals surface area (Å²) in [6.45, 7) is 2.63. The van der Waals surface area contributed by atoms with Crippen LogP contribution in [0.5, 0.6) is 0 Å². The minimum atomic E-state index is -0.0594.